The monoisotopic (exact) mass is 1590 g/mol. The lowest BCUT2D eigenvalue weighted by molar-refractivity contribution is -0.155. The van der Waals surface area contributed by atoms with Crippen molar-refractivity contribution in [2.45, 2.75) is 303 Å². The summed E-state index contributed by atoms with van der Waals surface area (Å²) in [5, 5.41) is 32.4. The fourth-order valence-corrected chi connectivity index (χ4v) is 13.4. The van der Waals surface area contributed by atoms with E-state index in [1.165, 1.54) is 35.8 Å². The van der Waals surface area contributed by atoms with Crippen LogP contribution in [0.1, 0.15) is 207 Å². The highest BCUT2D eigenvalue weighted by Gasteiger charge is 2.52. The van der Waals surface area contributed by atoms with E-state index in [1.807, 2.05) is 27.7 Å². The number of hydrogen-bond donors (Lipinski definition) is 10. The van der Waals surface area contributed by atoms with Gasteiger partial charge < -0.3 is 101 Å². The summed E-state index contributed by atoms with van der Waals surface area (Å²) in [6.45, 7) is 33.5. The number of carbonyl (C=O) groups excluding carboxylic acids is 11. The summed E-state index contributed by atoms with van der Waals surface area (Å²) in [6, 6.07) is -1.17. The van der Waals surface area contributed by atoms with Gasteiger partial charge in [0.2, 0.25) is 53.2 Å². The maximum atomic E-state index is 16.0. The van der Waals surface area contributed by atoms with Gasteiger partial charge in [-0.3, -0.25) is 43.2 Å². The van der Waals surface area contributed by atoms with Crippen LogP contribution in [-0.2, 0) is 79.7 Å². The molecule has 2 aromatic carbocycles. The number of hydrogen-bond acceptors (Lipinski definition) is 20. The minimum absolute atomic E-state index is 0.0361. The van der Waals surface area contributed by atoms with Crippen LogP contribution in [0.4, 0.5) is 9.59 Å². The Labute approximate surface area is 666 Å². The molecule has 2 aromatic rings. The molecule has 32 nitrogen and oxygen atoms in total. The maximum Gasteiger partial charge on any atom is 0.407 e. The first-order valence-corrected chi connectivity index (χ1v) is 39.4. The fraction of sp³-hybridized carbons (Fsp3) is 0.704. The van der Waals surface area contributed by atoms with Crippen LogP contribution in [0, 0.1) is 11.8 Å². The second-order valence-electron chi connectivity index (χ2n) is 35.0. The lowest BCUT2D eigenvalue weighted by Crippen LogP contribution is -2.62. The Bertz CT molecular complexity index is 3580. The van der Waals surface area contributed by atoms with Crippen molar-refractivity contribution in [1.82, 2.24) is 57.2 Å². The number of nitrogens with zero attached hydrogens (tertiary/aromatic N) is 3. The topological polar surface area (TPSA) is 422 Å². The summed E-state index contributed by atoms with van der Waals surface area (Å²) in [5.74, 6) is -7.52. The van der Waals surface area contributed by atoms with E-state index in [4.69, 9.17) is 38.9 Å². The number of aliphatic carboxylic acids is 1. The molecular formula is C81H130N12O20. The highest BCUT2D eigenvalue weighted by Crippen LogP contribution is 2.34. The van der Waals surface area contributed by atoms with Crippen molar-refractivity contribution < 1.29 is 95.8 Å². The molecule has 0 bridgehead atoms. The number of nitrogens with one attached hydrogen (secondary N) is 8. The number of carboxylic acids is 1. The second-order valence-corrected chi connectivity index (χ2v) is 35.0. The van der Waals surface area contributed by atoms with E-state index in [9.17, 15) is 43.5 Å². The summed E-state index contributed by atoms with van der Waals surface area (Å²) in [4.78, 5) is 176. The molecular weight excluding hydrogens is 1460 g/mol. The maximum absolute atomic E-state index is 16.0. The zero-order valence-electron chi connectivity index (χ0n) is 70.4. The van der Waals surface area contributed by atoms with Crippen LogP contribution in [-0.4, -0.2) is 239 Å². The number of unbranched alkanes of at least 4 members (excludes halogenated alkanes) is 2. The van der Waals surface area contributed by atoms with Crippen molar-refractivity contribution in [2.75, 3.05) is 53.6 Å². The standard InChI is InChI=1S/C81H130N12O20/c1-47(2)63(70(99)87-55(43-51-32-35-60(107-20)62(44-51)108-21)66(95)86-54(74(103)104)28-23-25-38-84-76(106)113-81(17,18)19)90-69(98)59-41-48(3)45-93(59)73(102)64-61(111-79(11,12)13)36-40-92(64)72(101)56(42-50-30-33-52(34-31-50)110-78(8,9)10)88-67(96)57(46-109-77(5,6)7)89-68(97)58-29-26-39-91(58)71(100)53(85-65(94)49(4)82)27-22-24-37-83-75(105)112-80(14,15)16/h30-35,44,47-49,53-59,61,63-64H,22-29,36-43,45-46,82H2,1-21H3,(H,83,105)(H,84,106)(H,85,94)(H,86,95)(H,87,99)(H,88,96)(H,89,97)(H,90,98)(H,103,104). The molecule has 3 saturated heterocycles. The van der Waals surface area contributed by atoms with Gasteiger partial charge in [-0.1, -0.05) is 39.0 Å². The SMILES string of the molecule is COc1ccc(CC(NC(=O)C(NC(=O)C2CC(C)CN2C(=O)C2C(OC(C)(C)C)CCN2C(=O)C(Cc2ccc(OC(C)(C)C)cc2)NC(=O)C(COC(C)(C)C)NC(=O)C2CCCN2C(=O)C(CCCCNC(=O)OC(C)(C)C)NC(=O)C(C)N)C(C)C)C(=O)NC(CCCCNC(=O)OC(C)(C)C)C(=O)O)cc1OC. The second kappa shape index (κ2) is 41.8. The number of carboxylic acid groups (broad SMARTS) is 1. The van der Waals surface area contributed by atoms with Crippen LogP contribution in [0.2, 0.25) is 0 Å². The van der Waals surface area contributed by atoms with E-state index in [1.54, 1.807) is 139 Å². The van der Waals surface area contributed by atoms with Gasteiger partial charge in [0.05, 0.1) is 44.2 Å². The molecule has 32 heteroatoms. The molecule has 0 aliphatic carbocycles. The van der Waals surface area contributed by atoms with Crippen LogP contribution < -0.4 is 62.5 Å². The van der Waals surface area contributed by atoms with Crippen molar-refractivity contribution in [1.29, 1.82) is 0 Å². The highest BCUT2D eigenvalue weighted by molar-refractivity contribution is 5.99. The molecule has 5 rings (SSSR count). The quantitative estimate of drug-likeness (QED) is 0.0353. The molecule has 0 saturated carbocycles. The Hall–Kier alpha value is -9.04. The van der Waals surface area contributed by atoms with E-state index in [0.717, 1.165) is 0 Å². The minimum Gasteiger partial charge on any atom is -0.493 e. The average molecular weight is 1590 g/mol. The molecule has 634 valence electrons. The smallest absolute Gasteiger partial charge is 0.407 e. The largest absolute Gasteiger partial charge is 0.493 e. The average Bonchev–Trinajstić information content (AvgIpc) is 1.63. The number of benzene rings is 2. The molecule has 113 heavy (non-hydrogen) atoms. The number of methoxy groups -OCH3 is 2. The number of nitrogens with two attached hydrogens (primary N) is 1. The molecule has 12 atom stereocenters. The third-order valence-electron chi connectivity index (χ3n) is 18.6. The summed E-state index contributed by atoms with van der Waals surface area (Å²) >= 11 is 0. The van der Waals surface area contributed by atoms with Gasteiger partial charge in [0.25, 0.3) is 0 Å². The molecule has 3 fully saturated rings. The Morgan fingerprint density at radius 1 is 0.531 bits per heavy atom. The molecule has 11 N–H and O–H groups in total. The van der Waals surface area contributed by atoms with Crippen molar-refractivity contribution in [3.63, 3.8) is 0 Å². The number of ether oxygens (including phenoxy) is 7. The van der Waals surface area contributed by atoms with Gasteiger partial charge in [-0.25, -0.2) is 14.4 Å². The predicted molar refractivity (Wildman–Crippen MR) is 422 cm³/mol. The molecule has 11 amide bonds. The molecule has 3 heterocycles. The fourth-order valence-electron chi connectivity index (χ4n) is 13.4. The first-order valence-electron chi connectivity index (χ1n) is 39.4. The zero-order chi connectivity index (χ0) is 84.8. The van der Waals surface area contributed by atoms with Gasteiger partial charge in [0.1, 0.15) is 76.9 Å². The normalized spacial score (nSPS) is 19.2. The first kappa shape index (κ1) is 94.6. The van der Waals surface area contributed by atoms with Crippen LogP contribution in [0.25, 0.3) is 0 Å². The molecule has 3 aliphatic heterocycles. The highest BCUT2D eigenvalue weighted by atomic mass is 16.6. The predicted octanol–water partition coefficient (Wildman–Crippen LogP) is 5.88. The van der Waals surface area contributed by atoms with Gasteiger partial charge in [-0.2, -0.15) is 0 Å². The molecule has 0 radical (unpaired) electrons. The third-order valence-corrected chi connectivity index (χ3v) is 18.6. The lowest BCUT2D eigenvalue weighted by Gasteiger charge is -2.37. The van der Waals surface area contributed by atoms with E-state index in [-0.39, 0.29) is 90.0 Å². The van der Waals surface area contributed by atoms with Crippen molar-refractivity contribution in [3.05, 3.63) is 53.6 Å². The van der Waals surface area contributed by atoms with Crippen molar-refractivity contribution >= 4 is 71.3 Å². The third kappa shape index (κ3) is 31.4. The van der Waals surface area contributed by atoms with Crippen molar-refractivity contribution in [2.24, 2.45) is 17.6 Å². The van der Waals surface area contributed by atoms with Crippen LogP contribution in [0.15, 0.2) is 42.5 Å². The summed E-state index contributed by atoms with van der Waals surface area (Å²) in [7, 11) is 2.88. The summed E-state index contributed by atoms with van der Waals surface area (Å²) in [6.07, 6.45) is -0.229. The van der Waals surface area contributed by atoms with Crippen molar-refractivity contribution in [3.8, 4) is 17.2 Å². The number of likely N-dealkylation sites (tertiary alicyclic amines) is 3. The van der Waals surface area contributed by atoms with Gasteiger partial charge in [0, 0.05) is 45.6 Å². The Morgan fingerprint density at radius 3 is 1.58 bits per heavy atom. The van der Waals surface area contributed by atoms with E-state index in [0.29, 0.717) is 54.1 Å². The van der Waals surface area contributed by atoms with Crippen LogP contribution in [0.3, 0.4) is 0 Å². The number of rotatable bonds is 37. The minimum atomic E-state index is -1.49. The van der Waals surface area contributed by atoms with Gasteiger partial charge in [-0.15, -0.1) is 0 Å². The van der Waals surface area contributed by atoms with Crippen LogP contribution in [0.5, 0.6) is 17.2 Å². The van der Waals surface area contributed by atoms with E-state index < -0.39 is 178 Å². The first-order chi connectivity index (χ1) is 52.5. The number of amides is 11. The Morgan fingerprint density at radius 2 is 1.05 bits per heavy atom. The molecule has 12 unspecified atom stereocenters. The number of carbonyl (C=O) groups is 12. The van der Waals surface area contributed by atoms with Crippen LogP contribution >= 0.6 is 0 Å². The van der Waals surface area contributed by atoms with Gasteiger partial charge >= 0.3 is 18.2 Å². The molecule has 0 aromatic heterocycles. The zero-order valence-corrected chi connectivity index (χ0v) is 70.4. The van der Waals surface area contributed by atoms with E-state index in [2.05, 4.69) is 42.5 Å². The summed E-state index contributed by atoms with van der Waals surface area (Å²) < 4.78 is 40.6. The molecule has 0 spiro atoms. The Kier molecular flexibility index (Phi) is 35.0. The Balaban J connectivity index is 1.47. The summed E-state index contributed by atoms with van der Waals surface area (Å²) in [5.41, 5.74) is 3.23. The number of alkyl carbamates (subject to hydrolysis) is 2. The van der Waals surface area contributed by atoms with E-state index >= 15 is 19.2 Å². The molecule has 3 aliphatic rings. The van der Waals surface area contributed by atoms with Gasteiger partial charge in [-0.05, 0) is 222 Å². The van der Waals surface area contributed by atoms with Gasteiger partial charge in [0.15, 0.2) is 11.5 Å². The lowest BCUT2D eigenvalue weighted by atomic mass is 9.99.